The Bertz CT molecular complexity index is 842. The minimum atomic E-state index is -4.50. The fourth-order valence-electron chi connectivity index (χ4n) is 2.46. The van der Waals surface area contributed by atoms with E-state index in [1.165, 1.54) is 18.3 Å². The van der Waals surface area contributed by atoms with Crippen LogP contribution in [0.2, 0.25) is 0 Å². The molecular weight excluding hydrogens is 361 g/mol. The molecule has 2 aromatic rings. The lowest BCUT2D eigenvalue weighted by Crippen LogP contribution is -2.12. The van der Waals surface area contributed by atoms with Crippen LogP contribution in [0.1, 0.15) is 36.4 Å². The third kappa shape index (κ3) is 5.57. The number of nitrogens with one attached hydrogen (secondary N) is 1. The van der Waals surface area contributed by atoms with Gasteiger partial charge >= 0.3 is 12.3 Å². The Morgan fingerprint density at radius 1 is 1.37 bits per heavy atom. The maximum Gasteiger partial charge on any atom is 0.437 e. The van der Waals surface area contributed by atoms with E-state index in [0.717, 1.165) is 35.6 Å². The Hall–Kier alpha value is -2.84. The van der Waals surface area contributed by atoms with E-state index in [0.29, 0.717) is 5.92 Å². The molecule has 1 N–H and O–H groups in total. The molecule has 0 saturated heterocycles. The Labute approximate surface area is 155 Å². The number of halogens is 3. The first kappa shape index (κ1) is 20.5. The highest BCUT2D eigenvalue weighted by Crippen LogP contribution is 2.30. The van der Waals surface area contributed by atoms with Gasteiger partial charge < -0.3 is 0 Å². The Kier molecular flexibility index (Phi) is 6.24. The Morgan fingerprint density at radius 3 is 2.70 bits per heavy atom. The van der Waals surface area contributed by atoms with Gasteiger partial charge in [0.25, 0.3) is 0 Å². The quantitative estimate of drug-likeness (QED) is 0.461. The first-order valence-corrected chi connectivity index (χ1v) is 8.30. The second-order valence-electron chi connectivity index (χ2n) is 6.48. The monoisotopic (exact) mass is 382 g/mol. The van der Waals surface area contributed by atoms with Gasteiger partial charge in [-0.25, -0.2) is 4.79 Å². The third-order valence-corrected chi connectivity index (χ3v) is 3.73. The lowest BCUT2D eigenvalue weighted by atomic mass is 10.2. The number of benzene rings is 1. The fourth-order valence-corrected chi connectivity index (χ4v) is 2.46. The number of nitrogens with zero attached hydrogens (tertiary/aromatic N) is 3. The second-order valence-corrected chi connectivity index (χ2v) is 6.48. The lowest BCUT2D eigenvalue weighted by Gasteiger charge is -2.08. The molecule has 0 aliphatic carbocycles. The molecule has 1 amide bonds. The van der Waals surface area contributed by atoms with E-state index in [1.807, 2.05) is 18.5 Å². The van der Waals surface area contributed by atoms with E-state index in [2.05, 4.69) is 34.3 Å². The zero-order valence-corrected chi connectivity index (χ0v) is 15.5. The molecule has 0 bridgehead atoms. The summed E-state index contributed by atoms with van der Waals surface area (Å²) in [4.78, 5) is 16.4. The molecular formula is C18H21F3N4O2. The van der Waals surface area contributed by atoms with Crippen molar-refractivity contribution in [3.8, 4) is 0 Å². The normalized spacial score (nSPS) is 12.0. The summed E-state index contributed by atoms with van der Waals surface area (Å²) in [5.41, 5.74) is 1.43. The smallest absolute Gasteiger partial charge is 0.298 e. The molecule has 0 aliphatic heterocycles. The van der Waals surface area contributed by atoms with Crippen LogP contribution in [0.4, 0.5) is 23.7 Å². The summed E-state index contributed by atoms with van der Waals surface area (Å²) in [7, 11) is 0. The number of oxime groups is 1. The largest absolute Gasteiger partial charge is 0.437 e. The van der Waals surface area contributed by atoms with E-state index >= 15 is 0 Å². The standard InChI is InChI=1S/C18H21F3N4O2/c1-11(2)10-25-13(4)16(12(3)24-25)9-22-27-17(26)23-15-7-5-6-14(8-15)18(19,20)21/h5-9,11H,10H2,1-4H3,(H,23,26). The number of amides is 1. The summed E-state index contributed by atoms with van der Waals surface area (Å²) < 4.78 is 39.9. The number of rotatable bonds is 5. The predicted octanol–water partition coefficient (Wildman–Crippen LogP) is 4.76. The SMILES string of the molecule is Cc1nn(CC(C)C)c(C)c1C=NOC(=O)Nc1cccc(C(F)(F)F)c1. The van der Waals surface area contributed by atoms with Crippen LogP contribution in [0.25, 0.3) is 0 Å². The number of hydrogen-bond acceptors (Lipinski definition) is 4. The van der Waals surface area contributed by atoms with Crippen molar-refractivity contribution in [2.75, 3.05) is 5.32 Å². The Morgan fingerprint density at radius 2 is 2.07 bits per heavy atom. The predicted molar refractivity (Wildman–Crippen MR) is 95.7 cm³/mol. The first-order valence-electron chi connectivity index (χ1n) is 8.30. The van der Waals surface area contributed by atoms with E-state index in [9.17, 15) is 18.0 Å². The highest BCUT2D eigenvalue weighted by molar-refractivity contribution is 5.86. The number of carbonyl (C=O) groups is 1. The molecule has 146 valence electrons. The molecule has 0 fully saturated rings. The van der Waals surface area contributed by atoms with Gasteiger partial charge in [-0.05, 0) is 38.0 Å². The molecule has 0 radical (unpaired) electrons. The first-order chi connectivity index (χ1) is 12.6. The van der Waals surface area contributed by atoms with Gasteiger partial charge in [0.2, 0.25) is 0 Å². The molecule has 0 saturated carbocycles. The third-order valence-electron chi connectivity index (χ3n) is 3.73. The van der Waals surface area contributed by atoms with Gasteiger partial charge in [-0.3, -0.25) is 14.8 Å². The average molecular weight is 382 g/mol. The second kappa shape index (κ2) is 8.24. The molecule has 1 aromatic carbocycles. The molecule has 9 heteroatoms. The molecule has 2 rings (SSSR count). The summed E-state index contributed by atoms with van der Waals surface area (Å²) in [6, 6.07) is 4.24. The topological polar surface area (TPSA) is 68.5 Å². The van der Waals surface area contributed by atoms with Crippen LogP contribution >= 0.6 is 0 Å². The fraction of sp³-hybridized carbons (Fsp3) is 0.389. The number of aryl methyl sites for hydroxylation is 1. The molecule has 0 spiro atoms. The molecule has 1 heterocycles. The molecule has 6 nitrogen and oxygen atoms in total. The van der Waals surface area contributed by atoms with Crippen molar-refractivity contribution in [2.45, 2.75) is 40.4 Å². The van der Waals surface area contributed by atoms with Gasteiger partial charge in [-0.15, -0.1) is 0 Å². The number of hydrogen-bond donors (Lipinski definition) is 1. The highest BCUT2D eigenvalue weighted by atomic mass is 19.4. The van der Waals surface area contributed by atoms with Crippen LogP contribution in [-0.2, 0) is 17.6 Å². The van der Waals surface area contributed by atoms with Crippen LogP contribution in [0.15, 0.2) is 29.4 Å². The van der Waals surface area contributed by atoms with Crippen LogP contribution in [0.5, 0.6) is 0 Å². The van der Waals surface area contributed by atoms with Gasteiger partial charge in [0, 0.05) is 23.5 Å². The van der Waals surface area contributed by atoms with Crippen LogP contribution in [-0.4, -0.2) is 22.1 Å². The minimum Gasteiger partial charge on any atom is -0.298 e. The van der Waals surface area contributed by atoms with Crippen molar-refractivity contribution in [1.82, 2.24) is 9.78 Å². The summed E-state index contributed by atoms with van der Waals surface area (Å²) in [6.07, 6.45) is -4.12. The molecule has 0 atom stereocenters. The molecule has 27 heavy (non-hydrogen) atoms. The molecule has 1 aromatic heterocycles. The van der Waals surface area contributed by atoms with Crippen molar-refractivity contribution in [2.24, 2.45) is 11.1 Å². The van der Waals surface area contributed by atoms with Crippen molar-refractivity contribution in [1.29, 1.82) is 0 Å². The van der Waals surface area contributed by atoms with Crippen LogP contribution in [0, 0.1) is 19.8 Å². The maximum atomic E-state index is 12.7. The van der Waals surface area contributed by atoms with E-state index in [4.69, 9.17) is 0 Å². The van der Waals surface area contributed by atoms with Crippen molar-refractivity contribution >= 4 is 18.0 Å². The summed E-state index contributed by atoms with van der Waals surface area (Å²) in [5.74, 6) is 0.419. The van der Waals surface area contributed by atoms with Gasteiger partial charge in [-0.2, -0.15) is 18.3 Å². The van der Waals surface area contributed by atoms with E-state index in [1.54, 1.807) is 0 Å². The summed E-state index contributed by atoms with van der Waals surface area (Å²) in [6.45, 7) is 8.59. The zero-order chi connectivity index (χ0) is 20.2. The van der Waals surface area contributed by atoms with E-state index < -0.39 is 17.8 Å². The van der Waals surface area contributed by atoms with Crippen molar-refractivity contribution < 1.29 is 22.8 Å². The van der Waals surface area contributed by atoms with Gasteiger partial charge in [0.05, 0.1) is 17.5 Å². The molecule has 0 unspecified atom stereocenters. The minimum absolute atomic E-state index is 0.0397. The van der Waals surface area contributed by atoms with E-state index in [-0.39, 0.29) is 5.69 Å². The summed E-state index contributed by atoms with van der Waals surface area (Å²) >= 11 is 0. The van der Waals surface area contributed by atoms with Gasteiger partial charge in [-0.1, -0.05) is 25.1 Å². The highest BCUT2D eigenvalue weighted by Gasteiger charge is 2.30. The number of carbonyl (C=O) groups excluding carboxylic acids is 1. The van der Waals surface area contributed by atoms with Gasteiger partial charge in [0.15, 0.2) is 0 Å². The Balaban J connectivity index is 2.01. The molecule has 0 aliphatic rings. The lowest BCUT2D eigenvalue weighted by molar-refractivity contribution is -0.137. The zero-order valence-electron chi connectivity index (χ0n) is 15.5. The number of aromatic nitrogens is 2. The van der Waals surface area contributed by atoms with Crippen molar-refractivity contribution in [3.05, 3.63) is 46.8 Å². The summed E-state index contributed by atoms with van der Waals surface area (Å²) in [5, 5.41) is 10.2. The van der Waals surface area contributed by atoms with Gasteiger partial charge in [0.1, 0.15) is 0 Å². The number of alkyl halides is 3. The number of anilines is 1. The van der Waals surface area contributed by atoms with Crippen LogP contribution < -0.4 is 5.32 Å². The van der Waals surface area contributed by atoms with Crippen molar-refractivity contribution in [3.63, 3.8) is 0 Å². The average Bonchev–Trinajstić information content (AvgIpc) is 2.81. The maximum absolute atomic E-state index is 12.7. The van der Waals surface area contributed by atoms with Crippen LogP contribution in [0.3, 0.4) is 0 Å².